The van der Waals surface area contributed by atoms with Gasteiger partial charge in [0.15, 0.2) is 6.61 Å². The van der Waals surface area contributed by atoms with Crippen molar-refractivity contribution in [1.29, 1.82) is 0 Å². The molecule has 0 fully saturated rings. The highest BCUT2D eigenvalue weighted by molar-refractivity contribution is 6.06. The number of rotatable bonds is 4. The number of esters is 2. The van der Waals surface area contributed by atoms with Gasteiger partial charge in [-0.3, -0.25) is 9.59 Å². The van der Waals surface area contributed by atoms with E-state index in [-0.39, 0.29) is 6.61 Å². The number of nitrogens with zero attached hydrogens (tertiary/aromatic N) is 2. The molecule has 0 bridgehead atoms. The minimum absolute atomic E-state index is 0.309. The summed E-state index contributed by atoms with van der Waals surface area (Å²) >= 11 is 0. The van der Waals surface area contributed by atoms with Crippen LogP contribution in [0.3, 0.4) is 0 Å². The van der Waals surface area contributed by atoms with Gasteiger partial charge in [0.25, 0.3) is 5.91 Å². The van der Waals surface area contributed by atoms with Crippen molar-refractivity contribution in [3.05, 3.63) is 42.0 Å². The molecule has 0 spiro atoms. The van der Waals surface area contributed by atoms with Gasteiger partial charge in [-0.15, -0.1) is 0 Å². The molecule has 26 heavy (non-hydrogen) atoms. The SMILES string of the molecule is COC(=O)c1cccc2nc3c(NC(=O)COC(C)=O)cccc3nc12. The first-order valence-electron chi connectivity index (χ1n) is 7.70. The van der Waals surface area contributed by atoms with E-state index in [2.05, 4.69) is 20.0 Å². The zero-order valence-electron chi connectivity index (χ0n) is 14.1. The Kier molecular flexibility index (Phi) is 4.74. The van der Waals surface area contributed by atoms with Crippen molar-refractivity contribution in [2.24, 2.45) is 0 Å². The summed E-state index contributed by atoms with van der Waals surface area (Å²) in [6.45, 7) is 0.834. The second-order valence-electron chi connectivity index (χ2n) is 5.39. The van der Waals surface area contributed by atoms with E-state index >= 15 is 0 Å². The van der Waals surface area contributed by atoms with Crippen LogP contribution in [-0.2, 0) is 19.1 Å². The number of ether oxygens (including phenoxy) is 2. The number of aromatic nitrogens is 2. The zero-order valence-corrected chi connectivity index (χ0v) is 14.1. The predicted molar refractivity (Wildman–Crippen MR) is 93.6 cm³/mol. The van der Waals surface area contributed by atoms with Crippen molar-refractivity contribution < 1.29 is 23.9 Å². The fourth-order valence-electron chi connectivity index (χ4n) is 2.45. The second-order valence-corrected chi connectivity index (χ2v) is 5.39. The molecule has 0 aliphatic carbocycles. The number of anilines is 1. The number of nitrogens with one attached hydrogen (secondary N) is 1. The minimum atomic E-state index is -0.542. The molecule has 0 aliphatic heterocycles. The maximum Gasteiger partial charge on any atom is 0.340 e. The molecule has 3 aromatic rings. The van der Waals surface area contributed by atoms with Crippen LogP contribution < -0.4 is 5.32 Å². The summed E-state index contributed by atoms with van der Waals surface area (Å²) in [5.41, 5.74) is 2.59. The molecule has 0 saturated heterocycles. The quantitative estimate of drug-likeness (QED) is 0.565. The third-order valence-electron chi connectivity index (χ3n) is 3.58. The Morgan fingerprint density at radius 2 is 1.65 bits per heavy atom. The van der Waals surface area contributed by atoms with Gasteiger partial charge in [-0.2, -0.15) is 0 Å². The van der Waals surface area contributed by atoms with E-state index in [4.69, 9.17) is 4.74 Å². The van der Waals surface area contributed by atoms with Crippen molar-refractivity contribution in [2.75, 3.05) is 19.0 Å². The molecule has 132 valence electrons. The smallest absolute Gasteiger partial charge is 0.340 e. The Labute approximate surface area is 148 Å². The van der Waals surface area contributed by atoms with E-state index in [0.717, 1.165) is 0 Å². The van der Waals surface area contributed by atoms with Gasteiger partial charge >= 0.3 is 11.9 Å². The van der Waals surface area contributed by atoms with E-state index in [0.29, 0.717) is 33.3 Å². The van der Waals surface area contributed by atoms with Crippen LogP contribution >= 0.6 is 0 Å². The number of benzene rings is 2. The number of hydrogen-bond acceptors (Lipinski definition) is 7. The Morgan fingerprint density at radius 3 is 2.35 bits per heavy atom. The van der Waals surface area contributed by atoms with Crippen molar-refractivity contribution in [3.63, 3.8) is 0 Å². The van der Waals surface area contributed by atoms with Gasteiger partial charge in [0, 0.05) is 6.92 Å². The monoisotopic (exact) mass is 353 g/mol. The highest BCUT2D eigenvalue weighted by Crippen LogP contribution is 2.25. The molecule has 3 rings (SSSR count). The normalized spacial score (nSPS) is 10.5. The summed E-state index contributed by atoms with van der Waals surface area (Å²) in [4.78, 5) is 43.6. The van der Waals surface area contributed by atoms with Crippen LogP contribution in [0.5, 0.6) is 0 Å². The Hall–Kier alpha value is -3.55. The summed E-state index contributed by atoms with van der Waals surface area (Å²) in [6, 6.07) is 10.1. The zero-order chi connectivity index (χ0) is 18.7. The number of para-hydroxylation sites is 2. The molecular formula is C18H15N3O5. The van der Waals surface area contributed by atoms with E-state index in [1.165, 1.54) is 14.0 Å². The van der Waals surface area contributed by atoms with Gasteiger partial charge < -0.3 is 14.8 Å². The van der Waals surface area contributed by atoms with E-state index in [1.807, 2.05) is 0 Å². The summed E-state index contributed by atoms with van der Waals surface area (Å²) in [6.07, 6.45) is 0. The third-order valence-corrected chi connectivity index (χ3v) is 3.58. The number of carbonyl (C=O) groups is 3. The maximum atomic E-state index is 11.9. The average molecular weight is 353 g/mol. The van der Waals surface area contributed by atoms with Crippen LogP contribution in [0.2, 0.25) is 0 Å². The molecule has 0 aliphatic rings. The first-order chi connectivity index (χ1) is 12.5. The molecule has 1 aromatic heterocycles. The lowest BCUT2D eigenvalue weighted by Crippen LogP contribution is -2.20. The first-order valence-corrected chi connectivity index (χ1v) is 7.70. The molecule has 0 unspecified atom stereocenters. The number of methoxy groups -OCH3 is 1. The highest BCUT2D eigenvalue weighted by atomic mass is 16.5. The molecule has 0 saturated carbocycles. The molecular weight excluding hydrogens is 338 g/mol. The molecule has 8 nitrogen and oxygen atoms in total. The van der Waals surface area contributed by atoms with E-state index in [1.54, 1.807) is 36.4 Å². The fraction of sp³-hybridized carbons (Fsp3) is 0.167. The summed E-state index contributed by atoms with van der Waals surface area (Å²) in [5.74, 6) is -1.54. The predicted octanol–water partition coefficient (Wildman–Crippen LogP) is 2.07. The maximum absolute atomic E-state index is 11.9. The van der Waals surface area contributed by atoms with Crippen LogP contribution in [-0.4, -0.2) is 41.5 Å². The van der Waals surface area contributed by atoms with Crippen LogP contribution in [0.1, 0.15) is 17.3 Å². The van der Waals surface area contributed by atoms with Crippen molar-refractivity contribution in [2.45, 2.75) is 6.92 Å². The Bertz CT molecular complexity index is 1030. The van der Waals surface area contributed by atoms with Gasteiger partial charge in [0.05, 0.1) is 29.4 Å². The molecule has 1 N–H and O–H groups in total. The fourth-order valence-corrected chi connectivity index (χ4v) is 2.45. The lowest BCUT2D eigenvalue weighted by molar-refractivity contribution is -0.144. The summed E-state index contributed by atoms with van der Waals surface area (Å²) in [5, 5.41) is 2.64. The minimum Gasteiger partial charge on any atom is -0.465 e. The Morgan fingerprint density at radius 1 is 1.00 bits per heavy atom. The molecule has 0 atom stereocenters. The lowest BCUT2D eigenvalue weighted by atomic mass is 10.1. The Balaban J connectivity index is 2.05. The number of hydrogen-bond donors (Lipinski definition) is 1. The second kappa shape index (κ2) is 7.14. The van der Waals surface area contributed by atoms with Crippen molar-refractivity contribution in [1.82, 2.24) is 9.97 Å². The van der Waals surface area contributed by atoms with Gasteiger partial charge in [0.1, 0.15) is 11.0 Å². The standard InChI is InChI=1S/C18H15N3O5/c1-10(22)26-9-15(23)19-13-7-4-8-14-17(13)21-12-6-3-5-11(16(12)20-14)18(24)25-2/h3-8H,9H2,1-2H3,(H,19,23). The van der Waals surface area contributed by atoms with Gasteiger partial charge in [-0.25, -0.2) is 14.8 Å². The van der Waals surface area contributed by atoms with Gasteiger partial charge in [-0.1, -0.05) is 12.1 Å². The van der Waals surface area contributed by atoms with Crippen LogP contribution in [0.4, 0.5) is 5.69 Å². The van der Waals surface area contributed by atoms with Gasteiger partial charge in [0.2, 0.25) is 0 Å². The number of carbonyl (C=O) groups excluding carboxylic acids is 3. The van der Waals surface area contributed by atoms with Gasteiger partial charge in [-0.05, 0) is 24.3 Å². The largest absolute Gasteiger partial charge is 0.465 e. The first kappa shape index (κ1) is 17.3. The van der Waals surface area contributed by atoms with Crippen molar-refractivity contribution in [3.8, 4) is 0 Å². The van der Waals surface area contributed by atoms with Crippen LogP contribution in [0.15, 0.2) is 36.4 Å². The van der Waals surface area contributed by atoms with Crippen LogP contribution in [0.25, 0.3) is 22.1 Å². The van der Waals surface area contributed by atoms with E-state index in [9.17, 15) is 14.4 Å². The number of fused-ring (bicyclic) bond motifs is 2. The molecule has 2 aromatic carbocycles. The summed E-state index contributed by atoms with van der Waals surface area (Å²) < 4.78 is 9.45. The topological polar surface area (TPSA) is 107 Å². The summed E-state index contributed by atoms with van der Waals surface area (Å²) in [7, 11) is 1.30. The lowest BCUT2D eigenvalue weighted by Gasteiger charge is -2.10. The molecule has 0 radical (unpaired) electrons. The highest BCUT2D eigenvalue weighted by Gasteiger charge is 2.15. The molecule has 1 heterocycles. The average Bonchev–Trinajstić information content (AvgIpc) is 2.64. The molecule has 1 amide bonds. The number of amides is 1. The third kappa shape index (κ3) is 3.44. The van der Waals surface area contributed by atoms with Crippen molar-refractivity contribution >= 4 is 45.6 Å². The van der Waals surface area contributed by atoms with Crippen LogP contribution in [0, 0.1) is 0 Å². The molecule has 8 heteroatoms. The van der Waals surface area contributed by atoms with E-state index < -0.39 is 17.8 Å².